The van der Waals surface area contributed by atoms with Gasteiger partial charge in [0.2, 0.25) is 0 Å². The first-order valence-corrected chi connectivity index (χ1v) is 12.5. The number of ether oxygens (including phenoxy) is 1. The van der Waals surface area contributed by atoms with Crippen LogP contribution in [0.3, 0.4) is 0 Å². The van der Waals surface area contributed by atoms with Crippen LogP contribution in [0.2, 0.25) is 0 Å². The molecule has 1 aromatic heterocycles. The molecule has 0 spiro atoms. The van der Waals surface area contributed by atoms with Crippen molar-refractivity contribution in [1.29, 1.82) is 5.53 Å². The van der Waals surface area contributed by atoms with Gasteiger partial charge in [0.25, 0.3) is 0 Å². The van der Waals surface area contributed by atoms with Gasteiger partial charge in [0.1, 0.15) is 5.75 Å². The summed E-state index contributed by atoms with van der Waals surface area (Å²) in [6.45, 7) is 4.15. The Kier molecular flexibility index (Phi) is 20.8. The summed E-state index contributed by atoms with van der Waals surface area (Å²) in [5.74, 6) is 45.3. The maximum Gasteiger partial charge on any atom is 0.118 e. The van der Waals surface area contributed by atoms with Crippen LogP contribution in [0.25, 0.3) is 32.7 Å². The topological polar surface area (TPSA) is 139 Å². The second kappa shape index (κ2) is 25.0. The molecule has 230 valence electrons. The molecule has 1 heterocycles. The third-order valence-electron chi connectivity index (χ3n) is 4.67. The van der Waals surface area contributed by atoms with Gasteiger partial charge in [-0.15, -0.1) is 18.4 Å². The number of nitrogens with zero attached hydrogens (tertiary/aromatic N) is 4. The van der Waals surface area contributed by atoms with Crippen molar-refractivity contribution in [2.75, 3.05) is 19.0 Å². The van der Waals surface area contributed by atoms with E-state index < -0.39 is 0 Å². The summed E-state index contributed by atoms with van der Waals surface area (Å²) in [6, 6.07) is 13.7. The first-order valence-electron chi connectivity index (χ1n) is 12.5. The van der Waals surface area contributed by atoms with Crippen LogP contribution in [0.5, 0.6) is 5.75 Å². The van der Waals surface area contributed by atoms with Gasteiger partial charge in [0, 0.05) is 19.8 Å². The van der Waals surface area contributed by atoms with Gasteiger partial charge in [-0.25, -0.2) is 9.97 Å². The van der Waals surface area contributed by atoms with Crippen LogP contribution in [0.15, 0.2) is 42.5 Å². The summed E-state index contributed by atoms with van der Waals surface area (Å²) >= 11 is 0. The standard InChI is InChI=1S/C19H17N3O.C19H4.HN3.H2O.6H2/c1-4-11-20-15-7-10-17-18(12-15)22-19(13(2)21-17)14-5-8-16(23-3)9-6-14;1-3-5-7-9-11-13-15-17-19-18-16-14-12-10-8-6-4-2;1-3-2;;;;;;;/h1,5-10,12,20H,11H2,2-3H3;1H,2H3;1H;1H2;6*1H. The summed E-state index contributed by atoms with van der Waals surface area (Å²) in [5.41, 5.74) is 17.7. The van der Waals surface area contributed by atoms with Gasteiger partial charge < -0.3 is 15.5 Å². The summed E-state index contributed by atoms with van der Waals surface area (Å²) in [6.07, 6.45) is 10.2. The van der Waals surface area contributed by atoms with E-state index in [0.29, 0.717) is 6.54 Å². The monoisotopic (exact) mass is 608 g/mol. The van der Waals surface area contributed by atoms with E-state index in [1.807, 2.05) is 49.4 Å². The predicted octanol–water partition coefficient (Wildman–Crippen LogP) is 5.85. The van der Waals surface area contributed by atoms with Gasteiger partial charge >= 0.3 is 0 Å². The lowest BCUT2D eigenvalue weighted by Gasteiger charge is -2.09. The largest absolute Gasteiger partial charge is 0.497 e. The van der Waals surface area contributed by atoms with Crippen molar-refractivity contribution in [2.24, 2.45) is 0 Å². The van der Waals surface area contributed by atoms with Crippen LogP contribution in [0.4, 0.5) is 5.69 Å². The molecule has 0 unspecified atom stereocenters. The Morgan fingerprint density at radius 3 is 1.76 bits per heavy atom. The van der Waals surface area contributed by atoms with Gasteiger partial charge in [0.15, 0.2) is 0 Å². The molecule has 0 fully saturated rings. The molecule has 0 radical (unpaired) electrons. The first-order chi connectivity index (χ1) is 22.0. The summed E-state index contributed by atoms with van der Waals surface area (Å²) in [4.78, 5) is 11.2. The van der Waals surface area contributed by atoms with Crippen molar-refractivity contribution in [3.8, 4) is 136 Å². The minimum absolute atomic E-state index is 0. The van der Waals surface area contributed by atoms with Crippen molar-refractivity contribution in [1.82, 2.24) is 9.97 Å². The number of rotatable bonds is 4. The third kappa shape index (κ3) is 15.9. The number of terminal acetylenes is 2. The van der Waals surface area contributed by atoms with E-state index in [2.05, 4.69) is 117 Å². The van der Waals surface area contributed by atoms with Crippen LogP contribution in [0.1, 0.15) is 21.2 Å². The zero-order chi connectivity index (χ0) is 33.0. The number of aryl methyl sites for hydroxylation is 1. The molecular formula is C38H36N6O2. The number of anilines is 1. The van der Waals surface area contributed by atoms with Crippen LogP contribution >= 0.6 is 0 Å². The highest BCUT2D eigenvalue weighted by atomic mass is 16.5. The zero-order valence-electron chi connectivity index (χ0n) is 25.1. The quantitative estimate of drug-likeness (QED) is 0.166. The van der Waals surface area contributed by atoms with E-state index in [9.17, 15) is 0 Å². The molecule has 4 N–H and O–H groups in total. The average Bonchev–Trinajstić information content (AvgIpc) is 3.06. The van der Waals surface area contributed by atoms with Crippen molar-refractivity contribution in [2.45, 2.75) is 13.8 Å². The fourth-order valence-corrected chi connectivity index (χ4v) is 2.93. The minimum atomic E-state index is 0. The Morgan fingerprint density at radius 2 is 1.30 bits per heavy atom. The molecule has 3 rings (SSSR count). The Morgan fingerprint density at radius 1 is 0.804 bits per heavy atom. The fourth-order valence-electron chi connectivity index (χ4n) is 2.93. The van der Waals surface area contributed by atoms with Crippen LogP contribution in [0, 0.1) is 132 Å². The molecule has 0 atom stereocenters. The Hall–Kier alpha value is -7.75. The van der Waals surface area contributed by atoms with Gasteiger partial charge in [-0.3, -0.25) is 0 Å². The molecule has 2 aromatic carbocycles. The Labute approximate surface area is 278 Å². The molecule has 0 aliphatic heterocycles. The van der Waals surface area contributed by atoms with E-state index in [1.165, 1.54) is 0 Å². The van der Waals surface area contributed by atoms with Crippen LogP contribution in [-0.4, -0.2) is 29.1 Å². The average molecular weight is 609 g/mol. The van der Waals surface area contributed by atoms with Crippen molar-refractivity contribution in [3.63, 3.8) is 0 Å². The van der Waals surface area contributed by atoms with E-state index in [0.717, 1.165) is 39.4 Å². The highest BCUT2D eigenvalue weighted by Crippen LogP contribution is 2.26. The van der Waals surface area contributed by atoms with Gasteiger partial charge in [0.05, 0.1) is 36.1 Å². The highest BCUT2D eigenvalue weighted by molar-refractivity contribution is 5.81. The summed E-state index contributed by atoms with van der Waals surface area (Å²) in [7, 11) is 1.65. The van der Waals surface area contributed by atoms with Gasteiger partial charge in [-0.05, 0) is 161 Å². The lowest BCUT2D eigenvalue weighted by Crippen LogP contribution is -1.99. The van der Waals surface area contributed by atoms with E-state index >= 15 is 0 Å². The molecule has 0 aliphatic rings. The molecule has 0 saturated carbocycles. The number of nitrogens with one attached hydrogen (secondary N) is 2. The maximum absolute atomic E-state index is 6.86. The molecule has 0 aliphatic carbocycles. The number of aromatic nitrogens is 2. The second-order valence-corrected chi connectivity index (χ2v) is 7.52. The smallest absolute Gasteiger partial charge is 0.118 e. The van der Waals surface area contributed by atoms with E-state index in [-0.39, 0.29) is 14.0 Å². The summed E-state index contributed by atoms with van der Waals surface area (Å²) < 4.78 is 5.20. The van der Waals surface area contributed by atoms with Crippen LogP contribution < -0.4 is 10.1 Å². The minimum Gasteiger partial charge on any atom is -0.497 e. The number of methoxy groups -OCH3 is 1. The van der Waals surface area contributed by atoms with Crippen molar-refractivity contribution in [3.05, 3.63) is 58.6 Å². The molecule has 8 nitrogen and oxygen atoms in total. The number of hydrogen-bond acceptors (Lipinski definition) is 5. The Bertz CT molecular complexity index is 2180. The van der Waals surface area contributed by atoms with Crippen molar-refractivity contribution < 1.29 is 18.8 Å². The number of hydrogen-bond donors (Lipinski definition) is 2. The van der Waals surface area contributed by atoms with E-state index in [4.69, 9.17) is 33.6 Å². The molecule has 3 aromatic rings. The van der Waals surface area contributed by atoms with E-state index in [1.54, 1.807) is 18.9 Å². The third-order valence-corrected chi connectivity index (χ3v) is 4.67. The lowest BCUT2D eigenvalue weighted by molar-refractivity contribution is 0.415. The van der Waals surface area contributed by atoms with Crippen LogP contribution in [-0.2, 0) is 0 Å². The fraction of sp³-hybridized carbons (Fsp3) is 0.105. The lowest BCUT2D eigenvalue weighted by atomic mass is 10.1. The van der Waals surface area contributed by atoms with Gasteiger partial charge in [-0.2, -0.15) is 0 Å². The molecular weight excluding hydrogens is 572 g/mol. The number of fused-ring (bicyclic) bond motifs is 1. The highest BCUT2D eigenvalue weighted by Gasteiger charge is 2.08. The van der Waals surface area contributed by atoms with Gasteiger partial charge in [-0.1, -0.05) is 11.8 Å². The zero-order valence-corrected chi connectivity index (χ0v) is 25.1. The normalized spacial score (nSPS) is 6.89. The molecule has 8 heteroatoms. The summed E-state index contributed by atoms with van der Waals surface area (Å²) in [5, 5.41) is 3.15. The first kappa shape index (κ1) is 38.2. The number of benzene rings is 2. The molecule has 0 saturated heterocycles. The molecule has 46 heavy (non-hydrogen) atoms. The maximum atomic E-state index is 6.86. The van der Waals surface area contributed by atoms with Crippen molar-refractivity contribution >= 4 is 16.7 Å². The Balaban J connectivity index is -0.000000130. The second-order valence-electron chi connectivity index (χ2n) is 7.52. The SMILES string of the molecule is C#CC#CC#CC#CC#CC#CC#CC#CC#CC.C#CCNc1ccc2nc(C)c(-c3ccc(OC)cc3)nc2c1.O.[HH].[HH].[HH].[HH].[HH].[HH].[N-]=[N+]=N. The molecule has 0 amide bonds. The predicted molar refractivity (Wildman–Crippen MR) is 196 cm³/mol. The molecule has 0 bridgehead atoms.